The lowest BCUT2D eigenvalue weighted by atomic mass is 9.96. The molecule has 0 unspecified atom stereocenters. The predicted octanol–water partition coefficient (Wildman–Crippen LogP) is 2.74. The zero-order valence-electron chi connectivity index (χ0n) is 11.6. The van der Waals surface area contributed by atoms with Crippen LogP contribution >= 0.6 is 0 Å². The van der Waals surface area contributed by atoms with Gasteiger partial charge in [-0.25, -0.2) is 9.97 Å². The van der Waals surface area contributed by atoms with Gasteiger partial charge in [0.25, 0.3) is 0 Å². The summed E-state index contributed by atoms with van der Waals surface area (Å²) in [4.78, 5) is 14.4. The molecular weight excluding hydrogens is 226 g/mol. The monoisotopic (exact) mass is 249 g/mol. The molecule has 1 aliphatic rings. The molecule has 2 rings (SSSR count). The Morgan fingerprint density at radius 3 is 2.39 bits per heavy atom. The van der Waals surface area contributed by atoms with Gasteiger partial charge in [0.05, 0.1) is 6.10 Å². The summed E-state index contributed by atoms with van der Waals surface area (Å²) >= 11 is 0. The molecule has 0 atom stereocenters. The van der Waals surface area contributed by atoms with Crippen LogP contribution < -0.4 is 5.48 Å². The summed E-state index contributed by atoms with van der Waals surface area (Å²) < 4.78 is 0. The Hall–Kier alpha value is -1.00. The van der Waals surface area contributed by atoms with Crippen molar-refractivity contribution in [1.82, 2.24) is 15.4 Å². The summed E-state index contributed by atoms with van der Waals surface area (Å²) in [5.74, 6) is 0.878. The second kappa shape index (κ2) is 5.76. The minimum atomic E-state index is 0.00626. The number of nitrogens with one attached hydrogen (secondary N) is 1. The number of hydroxylamine groups is 1. The van der Waals surface area contributed by atoms with Gasteiger partial charge in [-0.1, -0.05) is 33.6 Å². The maximum atomic E-state index is 5.60. The van der Waals surface area contributed by atoms with E-state index in [1.807, 2.05) is 12.4 Å². The van der Waals surface area contributed by atoms with Crippen molar-refractivity contribution in [2.45, 2.75) is 64.5 Å². The van der Waals surface area contributed by atoms with E-state index >= 15 is 0 Å². The third kappa shape index (κ3) is 3.75. The van der Waals surface area contributed by atoms with Crippen LogP contribution in [0.4, 0.5) is 0 Å². The summed E-state index contributed by atoms with van der Waals surface area (Å²) in [5, 5.41) is 0. The molecule has 0 aromatic carbocycles. The molecule has 0 spiro atoms. The summed E-state index contributed by atoms with van der Waals surface area (Å²) in [5.41, 5.74) is 4.08. The summed E-state index contributed by atoms with van der Waals surface area (Å²) in [6.45, 7) is 7.01. The van der Waals surface area contributed by atoms with Crippen molar-refractivity contribution in [3.8, 4) is 0 Å². The molecule has 1 aliphatic carbocycles. The third-order valence-electron chi connectivity index (χ3n) is 3.20. The van der Waals surface area contributed by atoms with Gasteiger partial charge in [-0.05, 0) is 12.8 Å². The number of rotatable bonds is 4. The quantitative estimate of drug-likeness (QED) is 0.833. The van der Waals surface area contributed by atoms with Crippen molar-refractivity contribution in [3.05, 3.63) is 23.8 Å². The minimum Gasteiger partial charge on any atom is -0.298 e. The molecule has 0 amide bonds. The first-order valence-corrected chi connectivity index (χ1v) is 6.75. The molecule has 0 saturated heterocycles. The molecule has 0 radical (unpaired) electrons. The first-order chi connectivity index (χ1) is 8.55. The lowest BCUT2D eigenvalue weighted by Gasteiger charge is -2.16. The number of aromatic nitrogens is 2. The third-order valence-corrected chi connectivity index (χ3v) is 3.20. The number of nitrogens with zero attached hydrogens (tertiary/aromatic N) is 2. The van der Waals surface area contributed by atoms with Crippen LogP contribution in [0.3, 0.4) is 0 Å². The Labute approximate surface area is 109 Å². The average Bonchev–Trinajstić information content (AvgIpc) is 2.82. The van der Waals surface area contributed by atoms with E-state index in [9.17, 15) is 0 Å². The van der Waals surface area contributed by atoms with E-state index < -0.39 is 0 Å². The van der Waals surface area contributed by atoms with E-state index in [1.165, 1.54) is 25.7 Å². The fraction of sp³-hybridized carbons (Fsp3) is 0.714. The van der Waals surface area contributed by atoms with Crippen molar-refractivity contribution in [3.63, 3.8) is 0 Å². The molecule has 1 aromatic heterocycles. The molecule has 4 heteroatoms. The molecular formula is C14H23N3O. The van der Waals surface area contributed by atoms with Gasteiger partial charge >= 0.3 is 0 Å². The van der Waals surface area contributed by atoms with E-state index in [2.05, 4.69) is 36.2 Å². The lowest BCUT2D eigenvalue weighted by molar-refractivity contribution is -0.0244. The predicted molar refractivity (Wildman–Crippen MR) is 70.9 cm³/mol. The topological polar surface area (TPSA) is 47.0 Å². The molecule has 100 valence electrons. The van der Waals surface area contributed by atoms with Gasteiger partial charge in [0.15, 0.2) is 0 Å². The summed E-state index contributed by atoms with van der Waals surface area (Å²) in [6, 6.07) is 0. The van der Waals surface area contributed by atoms with Crippen molar-refractivity contribution in [2.24, 2.45) is 0 Å². The molecule has 1 heterocycles. The van der Waals surface area contributed by atoms with Crippen LogP contribution in [0.15, 0.2) is 12.4 Å². The Morgan fingerprint density at radius 2 is 1.83 bits per heavy atom. The normalized spacial score (nSPS) is 17.3. The maximum Gasteiger partial charge on any atom is 0.133 e. The van der Waals surface area contributed by atoms with Gasteiger partial charge in [0.2, 0.25) is 0 Å². The highest BCUT2D eigenvalue weighted by Crippen LogP contribution is 2.20. The summed E-state index contributed by atoms with van der Waals surface area (Å²) in [6.07, 6.45) is 9.06. The van der Waals surface area contributed by atoms with E-state index in [-0.39, 0.29) is 5.41 Å². The van der Waals surface area contributed by atoms with E-state index in [0.29, 0.717) is 12.6 Å². The van der Waals surface area contributed by atoms with Crippen molar-refractivity contribution in [1.29, 1.82) is 0 Å². The lowest BCUT2D eigenvalue weighted by Crippen LogP contribution is -2.22. The molecule has 1 saturated carbocycles. The Bertz CT molecular complexity index is 364. The molecule has 1 fully saturated rings. The van der Waals surface area contributed by atoms with Gasteiger partial charge in [0.1, 0.15) is 5.82 Å². The van der Waals surface area contributed by atoms with Crippen LogP contribution in [0.25, 0.3) is 0 Å². The van der Waals surface area contributed by atoms with Gasteiger partial charge in [-0.2, -0.15) is 5.48 Å². The molecule has 0 aliphatic heterocycles. The van der Waals surface area contributed by atoms with Gasteiger partial charge < -0.3 is 0 Å². The SMILES string of the molecule is CC(C)(C)c1ncc(CNOC2CCCC2)cn1. The summed E-state index contributed by atoms with van der Waals surface area (Å²) in [7, 11) is 0. The van der Waals surface area contributed by atoms with E-state index in [0.717, 1.165) is 11.4 Å². The zero-order chi connectivity index (χ0) is 13.0. The van der Waals surface area contributed by atoms with Crippen LogP contribution in [-0.2, 0) is 16.8 Å². The largest absolute Gasteiger partial charge is 0.298 e. The average molecular weight is 249 g/mol. The Balaban J connectivity index is 1.79. The second-order valence-corrected chi connectivity index (χ2v) is 6.01. The standard InChI is InChI=1S/C14H23N3O/c1-14(2,3)13-15-8-11(9-16-13)10-17-18-12-6-4-5-7-12/h8-9,12,17H,4-7,10H2,1-3H3. The fourth-order valence-electron chi connectivity index (χ4n) is 2.08. The highest BCUT2D eigenvalue weighted by atomic mass is 16.7. The fourth-order valence-corrected chi connectivity index (χ4v) is 2.08. The molecule has 18 heavy (non-hydrogen) atoms. The van der Waals surface area contributed by atoms with E-state index in [1.54, 1.807) is 0 Å². The first-order valence-electron chi connectivity index (χ1n) is 6.75. The van der Waals surface area contributed by atoms with Crippen LogP contribution in [0.5, 0.6) is 0 Å². The van der Waals surface area contributed by atoms with Crippen LogP contribution in [-0.4, -0.2) is 16.1 Å². The second-order valence-electron chi connectivity index (χ2n) is 6.01. The van der Waals surface area contributed by atoms with Crippen molar-refractivity contribution < 1.29 is 4.84 Å². The smallest absolute Gasteiger partial charge is 0.133 e. The zero-order valence-corrected chi connectivity index (χ0v) is 11.6. The van der Waals surface area contributed by atoms with Crippen LogP contribution in [0, 0.1) is 0 Å². The number of hydrogen-bond acceptors (Lipinski definition) is 4. The Morgan fingerprint density at radius 1 is 1.22 bits per heavy atom. The molecule has 4 nitrogen and oxygen atoms in total. The molecule has 1 aromatic rings. The highest BCUT2D eigenvalue weighted by Gasteiger charge is 2.17. The van der Waals surface area contributed by atoms with Crippen molar-refractivity contribution in [2.75, 3.05) is 0 Å². The van der Waals surface area contributed by atoms with Gasteiger partial charge in [-0.15, -0.1) is 0 Å². The first kappa shape index (κ1) is 13.4. The van der Waals surface area contributed by atoms with Gasteiger partial charge in [0, 0.05) is 29.9 Å². The van der Waals surface area contributed by atoms with Crippen LogP contribution in [0.2, 0.25) is 0 Å². The van der Waals surface area contributed by atoms with Crippen molar-refractivity contribution >= 4 is 0 Å². The molecule has 0 bridgehead atoms. The minimum absolute atomic E-state index is 0.00626. The highest BCUT2D eigenvalue weighted by molar-refractivity contribution is 5.09. The van der Waals surface area contributed by atoms with E-state index in [4.69, 9.17) is 4.84 Å². The maximum absolute atomic E-state index is 5.60. The number of hydrogen-bond donors (Lipinski definition) is 1. The van der Waals surface area contributed by atoms with Crippen LogP contribution in [0.1, 0.15) is 57.8 Å². The van der Waals surface area contributed by atoms with Gasteiger partial charge in [-0.3, -0.25) is 4.84 Å². The molecule has 1 N–H and O–H groups in total. The Kier molecular flexibility index (Phi) is 4.30.